The van der Waals surface area contributed by atoms with Crippen molar-refractivity contribution in [2.45, 2.75) is 46.7 Å². The van der Waals surface area contributed by atoms with E-state index in [2.05, 4.69) is 53.2 Å². The Morgan fingerprint density at radius 1 is 1.11 bits per heavy atom. The minimum Gasteiger partial charge on any atom is -0.373 e. The fraction of sp³-hybridized carbons (Fsp3) is 0.714. The van der Waals surface area contributed by atoms with Gasteiger partial charge in [0, 0.05) is 38.3 Å². The molecule has 5 nitrogen and oxygen atoms in total. The Bertz CT molecular complexity index is 381. The van der Waals surface area contributed by atoms with E-state index in [0.29, 0.717) is 12.1 Å². The Hall–Kier alpha value is -1.36. The van der Waals surface area contributed by atoms with E-state index in [-0.39, 0.29) is 0 Å². The minimum atomic E-state index is 0.557. The van der Waals surface area contributed by atoms with Crippen LogP contribution in [-0.2, 0) is 0 Å². The highest BCUT2D eigenvalue weighted by Crippen LogP contribution is 2.10. The zero-order valence-electron chi connectivity index (χ0n) is 13.0. The minimum absolute atomic E-state index is 0.557. The molecule has 0 radical (unpaired) electrons. The van der Waals surface area contributed by atoms with Gasteiger partial charge in [-0.15, -0.1) is 0 Å². The molecule has 0 aliphatic rings. The number of aryl methyl sites for hydroxylation is 1. The lowest BCUT2D eigenvalue weighted by atomic mass is 10.2. The molecule has 0 saturated heterocycles. The van der Waals surface area contributed by atoms with Gasteiger partial charge in [0.25, 0.3) is 0 Å². The zero-order chi connectivity index (χ0) is 14.4. The predicted molar refractivity (Wildman–Crippen MR) is 81.8 cm³/mol. The van der Waals surface area contributed by atoms with Gasteiger partial charge in [-0.3, -0.25) is 4.90 Å². The zero-order valence-corrected chi connectivity index (χ0v) is 13.0. The van der Waals surface area contributed by atoms with Crippen LogP contribution in [0.4, 0.5) is 11.6 Å². The fourth-order valence-electron chi connectivity index (χ4n) is 2.21. The van der Waals surface area contributed by atoms with Gasteiger partial charge in [0.2, 0.25) is 0 Å². The summed E-state index contributed by atoms with van der Waals surface area (Å²) in [6.07, 6.45) is 0. The van der Waals surface area contributed by atoms with E-state index in [1.165, 1.54) is 0 Å². The Morgan fingerprint density at radius 3 is 2.21 bits per heavy atom. The SMILES string of the molecule is CNc1cc(NCCN(C(C)C)C(C)C)nc(C)n1. The highest BCUT2D eigenvalue weighted by Gasteiger charge is 2.12. The Morgan fingerprint density at radius 2 is 1.68 bits per heavy atom. The molecule has 1 rings (SSSR count). The number of hydrogen-bond acceptors (Lipinski definition) is 5. The van der Waals surface area contributed by atoms with E-state index in [1.54, 1.807) is 0 Å². The van der Waals surface area contributed by atoms with Crippen LogP contribution in [0.3, 0.4) is 0 Å². The lowest BCUT2D eigenvalue weighted by Gasteiger charge is -2.30. The first-order chi connectivity index (χ1) is 8.93. The Kier molecular flexibility index (Phi) is 6.02. The van der Waals surface area contributed by atoms with E-state index >= 15 is 0 Å². The van der Waals surface area contributed by atoms with Gasteiger partial charge in [-0.25, -0.2) is 9.97 Å². The molecule has 0 spiro atoms. The maximum absolute atomic E-state index is 4.39. The van der Waals surface area contributed by atoms with Gasteiger partial charge in [0.15, 0.2) is 0 Å². The lowest BCUT2D eigenvalue weighted by Crippen LogP contribution is -2.40. The summed E-state index contributed by atoms with van der Waals surface area (Å²) in [5.41, 5.74) is 0. The summed E-state index contributed by atoms with van der Waals surface area (Å²) < 4.78 is 0. The van der Waals surface area contributed by atoms with E-state index in [9.17, 15) is 0 Å². The molecule has 1 aromatic rings. The van der Waals surface area contributed by atoms with Gasteiger partial charge < -0.3 is 10.6 Å². The molecule has 0 saturated carbocycles. The van der Waals surface area contributed by atoms with Crippen molar-refractivity contribution >= 4 is 11.6 Å². The van der Waals surface area contributed by atoms with E-state index in [4.69, 9.17) is 0 Å². The van der Waals surface area contributed by atoms with Crippen LogP contribution in [-0.4, -0.2) is 47.1 Å². The molecule has 1 aromatic heterocycles. The summed E-state index contributed by atoms with van der Waals surface area (Å²) >= 11 is 0. The van der Waals surface area contributed by atoms with E-state index < -0.39 is 0 Å². The molecule has 0 unspecified atom stereocenters. The molecular weight excluding hydrogens is 238 g/mol. The highest BCUT2D eigenvalue weighted by molar-refractivity contribution is 5.47. The molecule has 19 heavy (non-hydrogen) atoms. The Labute approximate surface area is 116 Å². The molecular formula is C14H27N5. The largest absolute Gasteiger partial charge is 0.373 e. The van der Waals surface area contributed by atoms with E-state index in [1.807, 2.05) is 20.0 Å². The van der Waals surface area contributed by atoms with Crippen LogP contribution in [0.15, 0.2) is 6.07 Å². The molecule has 5 heteroatoms. The maximum atomic E-state index is 4.39. The lowest BCUT2D eigenvalue weighted by molar-refractivity contribution is 0.182. The first kappa shape index (κ1) is 15.7. The number of nitrogens with zero attached hydrogens (tertiary/aromatic N) is 3. The third-order valence-electron chi connectivity index (χ3n) is 3.10. The second-order valence-corrected chi connectivity index (χ2v) is 5.29. The number of aromatic nitrogens is 2. The smallest absolute Gasteiger partial charge is 0.131 e. The summed E-state index contributed by atoms with van der Waals surface area (Å²) in [5, 5.41) is 6.41. The monoisotopic (exact) mass is 265 g/mol. The Balaban J connectivity index is 2.55. The van der Waals surface area contributed by atoms with Crippen LogP contribution >= 0.6 is 0 Å². The molecule has 0 amide bonds. The van der Waals surface area contributed by atoms with Gasteiger partial charge in [-0.1, -0.05) is 0 Å². The molecule has 0 aliphatic heterocycles. The highest BCUT2D eigenvalue weighted by atomic mass is 15.2. The molecule has 0 atom stereocenters. The molecule has 2 N–H and O–H groups in total. The quantitative estimate of drug-likeness (QED) is 0.792. The second-order valence-electron chi connectivity index (χ2n) is 5.29. The second kappa shape index (κ2) is 7.28. The number of anilines is 2. The van der Waals surface area contributed by atoms with Crippen molar-refractivity contribution in [3.63, 3.8) is 0 Å². The van der Waals surface area contributed by atoms with Crippen LogP contribution < -0.4 is 10.6 Å². The number of hydrogen-bond donors (Lipinski definition) is 2. The van der Waals surface area contributed by atoms with E-state index in [0.717, 1.165) is 30.5 Å². The summed E-state index contributed by atoms with van der Waals surface area (Å²) in [6.45, 7) is 12.7. The van der Waals surface area contributed by atoms with Crippen molar-refractivity contribution in [1.82, 2.24) is 14.9 Å². The fourth-order valence-corrected chi connectivity index (χ4v) is 2.21. The number of rotatable bonds is 7. The van der Waals surface area contributed by atoms with Crippen LogP contribution in [0, 0.1) is 6.92 Å². The van der Waals surface area contributed by atoms with Crippen LogP contribution in [0.5, 0.6) is 0 Å². The van der Waals surface area contributed by atoms with Crippen LogP contribution in [0.25, 0.3) is 0 Å². The van der Waals surface area contributed by atoms with Crippen molar-refractivity contribution in [2.75, 3.05) is 30.8 Å². The summed E-state index contributed by atoms with van der Waals surface area (Å²) in [5.74, 6) is 2.50. The standard InChI is InChI=1S/C14H27N5/c1-10(2)19(11(3)4)8-7-16-14-9-13(15-6)17-12(5)18-14/h9-11H,7-8H2,1-6H3,(H2,15,16,17,18). The molecule has 0 fully saturated rings. The van der Waals surface area contributed by atoms with Crippen LogP contribution in [0.2, 0.25) is 0 Å². The molecule has 0 aliphatic carbocycles. The first-order valence-electron chi connectivity index (χ1n) is 6.97. The maximum Gasteiger partial charge on any atom is 0.131 e. The van der Waals surface area contributed by atoms with Gasteiger partial charge in [0.05, 0.1) is 0 Å². The predicted octanol–water partition coefficient (Wildman–Crippen LogP) is 2.36. The van der Waals surface area contributed by atoms with Crippen molar-refractivity contribution in [2.24, 2.45) is 0 Å². The summed E-state index contributed by atoms with van der Waals surface area (Å²) in [7, 11) is 1.87. The van der Waals surface area contributed by atoms with Crippen molar-refractivity contribution in [1.29, 1.82) is 0 Å². The third-order valence-corrected chi connectivity index (χ3v) is 3.10. The van der Waals surface area contributed by atoms with Gasteiger partial charge in [-0.2, -0.15) is 0 Å². The van der Waals surface area contributed by atoms with Gasteiger partial charge in [-0.05, 0) is 34.6 Å². The van der Waals surface area contributed by atoms with Crippen molar-refractivity contribution in [3.8, 4) is 0 Å². The van der Waals surface area contributed by atoms with Gasteiger partial charge >= 0.3 is 0 Å². The number of nitrogens with one attached hydrogen (secondary N) is 2. The van der Waals surface area contributed by atoms with Crippen LogP contribution in [0.1, 0.15) is 33.5 Å². The van der Waals surface area contributed by atoms with Gasteiger partial charge in [0.1, 0.15) is 17.5 Å². The summed E-state index contributed by atoms with van der Waals surface area (Å²) in [6, 6.07) is 3.05. The average Bonchev–Trinajstić information content (AvgIpc) is 2.32. The third kappa shape index (κ3) is 5.03. The molecule has 108 valence electrons. The average molecular weight is 265 g/mol. The summed E-state index contributed by atoms with van der Waals surface area (Å²) in [4.78, 5) is 11.1. The molecule has 0 aromatic carbocycles. The van der Waals surface area contributed by atoms with Crippen molar-refractivity contribution < 1.29 is 0 Å². The normalized spacial score (nSPS) is 11.4. The topological polar surface area (TPSA) is 53.1 Å². The molecule has 1 heterocycles. The first-order valence-corrected chi connectivity index (χ1v) is 6.97. The van der Waals surface area contributed by atoms with Crippen molar-refractivity contribution in [3.05, 3.63) is 11.9 Å². The molecule has 0 bridgehead atoms.